The lowest BCUT2D eigenvalue weighted by Crippen LogP contribution is -2.46. The van der Waals surface area contributed by atoms with E-state index in [-0.39, 0.29) is 24.2 Å². The number of hydrogen-bond donors (Lipinski definition) is 3. The normalized spacial score (nSPS) is 16.7. The van der Waals surface area contributed by atoms with E-state index in [1.165, 1.54) is 6.07 Å². The van der Waals surface area contributed by atoms with E-state index in [2.05, 4.69) is 22.6 Å². The molecular formula is C14H21N3O4. The molecule has 0 unspecified atom stereocenters. The molecule has 1 aromatic heterocycles. The molecule has 1 aliphatic rings. The van der Waals surface area contributed by atoms with E-state index in [4.69, 9.17) is 9.52 Å². The number of carboxylic acid groups (broad SMARTS) is 1. The Kier molecular flexibility index (Phi) is 4.85. The van der Waals surface area contributed by atoms with Crippen LogP contribution in [0.3, 0.4) is 0 Å². The van der Waals surface area contributed by atoms with Crippen molar-refractivity contribution in [1.29, 1.82) is 0 Å². The summed E-state index contributed by atoms with van der Waals surface area (Å²) in [6, 6.07) is 1.37. The van der Waals surface area contributed by atoms with Crippen molar-refractivity contribution < 1.29 is 19.1 Å². The monoisotopic (exact) mass is 295 g/mol. The van der Waals surface area contributed by atoms with Crippen LogP contribution in [0, 0.1) is 6.92 Å². The predicted octanol–water partition coefficient (Wildman–Crippen LogP) is 1.18. The summed E-state index contributed by atoms with van der Waals surface area (Å²) in [7, 11) is 2.07. The molecule has 21 heavy (non-hydrogen) atoms. The molecule has 0 atom stereocenters. The second-order valence-corrected chi connectivity index (χ2v) is 5.39. The van der Waals surface area contributed by atoms with Gasteiger partial charge in [-0.1, -0.05) is 0 Å². The van der Waals surface area contributed by atoms with Gasteiger partial charge in [0.2, 0.25) is 0 Å². The Labute approximate surface area is 123 Å². The van der Waals surface area contributed by atoms with Crippen molar-refractivity contribution in [2.45, 2.75) is 32.4 Å². The number of urea groups is 1. The lowest BCUT2D eigenvalue weighted by atomic mass is 10.1. The van der Waals surface area contributed by atoms with Crippen LogP contribution >= 0.6 is 0 Å². The minimum atomic E-state index is -1.03. The Balaban J connectivity index is 1.78. The first-order valence-corrected chi connectivity index (χ1v) is 7.01. The Bertz CT molecular complexity index is 518. The summed E-state index contributed by atoms with van der Waals surface area (Å²) in [4.78, 5) is 24.9. The number of hydrogen-bond acceptors (Lipinski definition) is 4. The van der Waals surface area contributed by atoms with Gasteiger partial charge in [-0.2, -0.15) is 0 Å². The van der Waals surface area contributed by atoms with Crippen molar-refractivity contribution in [2.75, 3.05) is 20.1 Å². The molecule has 1 saturated heterocycles. The summed E-state index contributed by atoms with van der Waals surface area (Å²) in [5, 5.41) is 14.5. The molecule has 116 valence electrons. The lowest BCUT2D eigenvalue weighted by Gasteiger charge is -2.29. The molecular weight excluding hydrogens is 274 g/mol. The summed E-state index contributed by atoms with van der Waals surface area (Å²) >= 11 is 0. The highest BCUT2D eigenvalue weighted by molar-refractivity contribution is 5.88. The first-order valence-electron chi connectivity index (χ1n) is 7.01. The molecule has 0 aromatic carbocycles. The fourth-order valence-corrected chi connectivity index (χ4v) is 2.40. The van der Waals surface area contributed by atoms with Crippen LogP contribution in [0.15, 0.2) is 10.5 Å². The number of carbonyl (C=O) groups is 2. The molecule has 0 saturated carbocycles. The van der Waals surface area contributed by atoms with E-state index in [0.717, 1.165) is 25.9 Å². The van der Waals surface area contributed by atoms with Crippen LogP contribution in [-0.2, 0) is 6.54 Å². The fraction of sp³-hybridized carbons (Fsp3) is 0.571. The van der Waals surface area contributed by atoms with Gasteiger partial charge in [0.25, 0.3) is 0 Å². The molecule has 0 spiro atoms. The van der Waals surface area contributed by atoms with Crippen molar-refractivity contribution >= 4 is 12.0 Å². The van der Waals surface area contributed by atoms with Gasteiger partial charge in [-0.3, -0.25) is 0 Å². The average Bonchev–Trinajstić information content (AvgIpc) is 2.81. The number of piperidine rings is 1. The van der Waals surface area contributed by atoms with Crippen LogP contribution in [0.4, 0.5) is 4.79 Å². The molecule has 0 radical (unpaired) electrons. The number of likely N-dealkylation sites (tertiary alicyclic amines) is 1. The van der Waals surface area contributed by atoms with Crippen molar-refractivity contribution in [1.82, 2.24) is 15.5 Å². The maximum atomic E-state index is 11.8. The predicted molar refractivity (Wildman–Crippen MR) is 76.3 cm³/mol. The van der Waals surface area contributed by atoms with Crippen molar-refractivity contribution in [3.8, 4) is 0 Å². The number of nitrogens with zero attached hydrogens (tertiary/aromatic N) is 1. The van der Waals surface area contributed by atoms with Gasteiger partial charge in [-0.15, -0.1) is 0 Å². The van der Waals surface area contributed by atoms with Gasteiger partial charge in [-0.25, -0.2) is 9.59 Å². The van der Waals surface area contributed by atoms with Crippen LogP contribution < -0.4 is 10.6 Å². The van der Waals surface area contributed by atoms with E-state index in [1.54, 1.807) is 6.92 Å². The van der Waals surface area contributed by atoms with Crippen LogP contribution in [0.25, 0.3) is 0 Å². The van der Waals surface area contributed by atoms with Crippen molar-refractivity contribution in [3.63, 3.8) is 0 Å². The molecule has 0 bridgehead atoms. The van der Waals surface area contributed by atoms with Gasteiger partial charge in [0, 0.05) is 6.04 Å². The summed E-state index contributed by atoms with van der Waals surface area (Å²) in [5.74, 6) is -0.253. The number of nitrogens with one attached hydrogen (secondary N) is 2. The zero-order valence-corrected chi connectivity index (χ0v) is 12.3. The minimum absolute atomic E-state index is 0.127. The molecule has 3 N–H and O–H groups in total. The zero-order chi connectivity index (χ0) is 15.4. The second kappa shape index (κ2) is 6.62. The van der Waals surface area contributed by atoms with E-state index in [1.807, 2.05) is 0 Å². The van der Waals surface area contributed by atoms with Crippen LogP contribution in [-0.4, -0.2) is 48.2 Å². The topological polar surface area (TPSA) is 94.8 Å². The standard InChI is InChI=1S/C14H21N3O4/c1-9-12(13(18)19)7-11(21-9)8-15-14(20)16-10-3-5-17(2)6-4-10/h7,10H,3-6,8H2,1-2H3,(H,18,19)(H2,15,16,20). The van der Waals surface area contributed by atoms with E-state index in [0.29, 0.717) is 11.5 Å². The molecule has 7 heteroatoms. The molecule has 0 aliphatic carbocycles. The maximum absolute atomic E-state index is 11.8. The van der Waals surface area contributed by atoms with Crippen LogP contribution in [0.2, 0.25) is 0 Å². The Hall–Kier alpha value is -2.02. The second-order valence-electron chi connectivity index (χ2n) is 5.39. The Morgan fingerprint density at radius 1 is 1.43 bits per heavy atom. The first-order chi connectivity index (χ1) is 9.95. The number of rotatable bonds is 4. The number of carboxylic acids is 1. The van der Waals surface area contributed by atoms with Crippen molar-refractivity contribution in [2.24, 2.45) is 0 Å². The smallest absolute Gasteiger partial charge is 0.339 e. The van der Waals surface area contributed by atoms with Crippen LogP contribution in [0.1, 0.15) is 34.7 Å². The third-order valence-electron chi connectivity index (χ3n) is 3.68. The Morgan fingerprint density at radius 2 is 2.10 bits per heavy atom. The molecule has 2 rings (SSSR count). The molecule has 1 aliphatic heterocycles. The van der Waals surface area contributed by atoms with Gasteiger partial charge in [0.05, 0.1) is 6.54 Å². The molecule has 2 amide bonds. The number of aryl methyl sites for hydroxylation is 1. The lowest BCUT2D eigenvalue weighted by molar-refractivity contribution is 0.0695. The highest BCUT2D eigenvalue weighted by atomic mass is 16.4. The first kappa shape index (κ1) is 15.4. The summed E-state index contributed by atoms with van der Waals surface area (Å²) in [6.45, 7) is 3.72. The third-order valence-corrected chi connectivity index (χ3v) is 3.68. The average molecular weight is 295 g/mol. The van der Waals surface area contributed by atoms with Gasteiger partial charge in [0.15, 0.2) is 0 Å². The van der Waals surface area contributed by atoms with Gasteiger partial charge >= 0.3 is 12.0 Å². The Morgan fingerprint density at radius 3 is 2.67 bits per heavy atom. The third kappa shape index (κ3) is 4.22. The molecule has 1 fully saturated rings. The maximum Gasteiger partial charge on any atom is 0.339 e. The fourth-order valence-electron chi connectivity index (χ4n) is 2.40. The van der Waals surface area contributed by atoms with Gasteiger partial charge < -0.3 is 25.1 Å². The summed E-state index contributed by atoms with van der Waals surface area (Å²) < 4.78 is 5.30. The highest BCUT2D eigenvalue weighted by Crippen LogP contribution is 2.14. The van der Waals surface area contributed by atoms with Crippen molar-refractivity contribution in [3.05, 3.63) is 23.2 Å². The molecule has 7 nitrogen and oxygen atoms in total. The molecule has 1 aromatic rings. The van der Waals surface area contributed by atoms with E-state index < -0.39 is 5.97 Å². The number of amides is 2. The minimum Gasteiger partial charge on any atom is -0.478 e. The van der Waals surface area contributed by atoms with Gasteiger partial charge in [0.1, 0.15) is 17.1 Å². The largest absolute Gasteiger partial charge is 0.478 e. The SMILES string of the molecule is Cc1oc(CNC(=O)NC2CCN(C)CC2)cc1C(=O)O. The van der Waals surface area contributed by atoms with E-state index >= 15 is 0 Å². The number of carbonyl (C=O) groups excluding carboxylic acids is 1. The van der Waals surface area contributed by atoms with E-state index in [9.17, 15) is 9.59 Å². The number of furan rings is 1. The summed E-state index contributed by atoms with van der Waals surface area (Å²) in [6.07, 6.45) is 1.87. The van der Waals surface area contributed by atoms with Gasteiger partial charge in [-0.05, 0) is 46.0 Å². The zero-order valence-electron chi connectivity index (χ0n) is 12.3. The summed E-state index contributed by atoms with van der Waals surface area (Å²) in [5.41, 5.74) is 0.127. The molecule has 2 heterocycles. The quantitative estimate of drug-likeness (QED) is 0.775. The highest BCUT2D eigenvalue weighted by Gasteiger charge is 2.19. The van der Waals surface area contributed by atoms with Crippen LogP contribution in [0.5, 0.6) is 0 Å². The number of aromatic carboxylic acids is 1.